The van der Waals surface area contributed by atoms with Crippen LogP contribution in [0.2, 0.25) is 0 Å². The predicted octanol–water partition coefficient (Wildman–Crippen LogP) is 2.71. The van der Waals surface area contributed by atoms with Gasteiger partial charge in [0.1, 0.15) is 0 Å². The molecule has 0 heterocycles. The molecule has 0 aliphatic carbocycles. The molecule has 0 amide bonds. The number of halogens is 2. The van der Waals surface area contributed by atoms with Gasteiger partial charge in [-0.05, 0) is 68.9 Å². The third kappa shape index (κ3) is 2.87. The fourth-order valence-electron chi connectivity index (χ4n) is 0.716. The first-order valence-corrected chi connectivity index (χ1v) is 5.39. The van der Waals surface area contributed by atoms with Crippen molar-refractivity contribution in [3.63, 3.8) is 0 Å². The van der Waals surface area contributed by atoms with Crippen LogP contribution >= 0.6 is 50.7 Å². The van der Waals surface area contributed by atoms with Gasteiger partial charge in [-0.25, -0.2) is 0 Å². The van der Waals surface area contributed by atoms with Gasteiger partial charge in [0.05, 0.1) is 0 Å². The third-order valence-corrected chi connectivity index (χ3v) is 3.63. The highest BCUT2D eigenvalue weighted by atomic mass is 127. The Morgan fingerprint density at radius 2 is 2.25 bits per heavy atom. The Balaban J connectivity index is 2.89. The van der Waals surface area contributed by atoms with Crippen LogP contribution in [0.5, 0.6) is 0 Å². The van der Waals surface area contributed by atoms with Gasteiger partial charge in [0.25, 0.3) is 0 Å². The maximum atomic E-state index is 5.32. The maximum Gasteiger partial charge on any atom is 0.168 e. The van der Waals surface area contributed by atoms with E-state index in [4.69, 9.17) is 18.0 Å². The monoisotopic (exact) mass is 356 g/mol. The largest absolute Gasteiger partial charge is 0.376 e. The fraction of sp³-hybridized carbons (Fsp3) is 0. The van der Waals surface area contributed by atoms with Gasteiger partial charge in [0.2, 0.25) is 0 Å². The van der Waals surface area contributed by atoms with Gasteiger partial charge < -0.3 is 11.1 Å². The van der Waals surface area contributed by atoms with Crippen LogP contribution in [0.15, 0.2) is 22.7 Å². The van der Waals surface area contributed by atoms with E-state index in [1.54, 1.807) is 0 Å². The average Bonchev–Trinajstić information content (AvgIpc) is 1.96. The number of nitrogens with one attached hydrogen (secondary N) is 1. The number of hydrogen-bond acceptors (Lipinski definition) is 1. The lowest BCUT2D eigenvalue weighted by molar-refractivity contribution is 1.54. The van der Waals surface area contributed by atoms with E-state index in [0.29, 0.717) is 0 Å². The molecule has 0 unspecified atom stereocenters. The van der Waals surface area contributed by atoms with Crippen molar-refractivity contribution in [2.75, 3.05) is 5.32 Å². The molecule has 0 fully saturated rings. The lowest BCUT2D eigenvalue weighted by Gasteiger charge is -2.04. The van der Waals surface area contributed by atoms with E-state index in [0.717, 1.165) is 13.7 Å². The zero-order valence-electron chi connectivity index (χ0n) is 5.97. The summed E-state index contributed by atoms with van der Waals surface area (Å²) < 4.78 is 2.19. The molecule has 1 aromatic carbocycles. The first-order valence-electron chi connectivity index (χ1n) is 3.11. The second-order valence-corrected chi connectivity index (χ2v) is 4.57. The molecule has 0 atom stereocenters. The standard InChI is InChI=1S/C7H6BrIN2S/c8-5-3-4(11-7(10)12)1-2-6(5)9/h1-3H,(H3,10,11,12). The van der Waals surface area contributed by atoms with E-state index < -0.39 is 0 Å². The van der Waals surface area contributed by atoms with Gasteiger partial charge in [-0.2, -0.15) is 0 Å². The van der Waals surface area contributed by atoms with Crippen LogP contribution in [-0.2, 0) is 0 Å². The summed E-state index contributed by atoms with van der Waals surface area (Å²) in [5, 5.41) is 3.13. The molecule has 0 aromatic heterocycles. The Morgan fingerprint density at radius 1 is 1.58 bits per heavy atom. The fourth-order valence-corrected chi connectivity index (χ4v) is 1.55. The topological polar surface area (TPSA) is 38.0 Å². The molecule has 1 aromatic rings. The van der Waals surface area contributed by atoms with E-state index in [2.05, 4.69) is 43.8 Å². The molecule has 0 spiro atoms. The van der Waals surface area contributed by atoms with Crippen molar-refractivity contribution in [1.29, 1.82) is 0 Å². The van der Waals surface area contributed by atoms with Gasteiger partial charge >= 0.3 is 0 Å². The molecule has 0 aliphatic rings. The second-order valence-electron chi connectivity index (χ2n) is 2.12. The number of nitrogens with two attached hydrogens (primary N) is 1. The molecular formula is C7H6BrIN2S. The smallest absolute Gasteiger partial charge is 0.168 e. The minimum Gasteiger partial charge on any atom is -0.376 e. The van der Waals surface area contributed by atoms with Crippen molar-refractivity contribution in [2.24, 2.45) is 5.73 Å². The summed E-state index contributed by atoms with van der Waals surface area (Å²) in [6.45, 7) is 0. The van der Waals surface area contributed by atoms with Crippen molar-refractivity contribution >= 4 is 61.5 Å². The number of rotatable bonds is 1. The van der Waals surface area contributed by atoms with E-state index >= 15 is 0 Å². The number of anilines is 1. The first kappa shape index (κ1) is 10.2. The van der Waals surface area contributed by atoms with E-state index in [1.807, 2.05) is 18.2 Å². The lowest BCUT2D eigenvalue weighted by atomic mass is 10.3. The molecule has 1 rings (SSSR count). The Kier molecular flexibility index (Phi) is 3.73. The van der Waals surface area contributed by atoms with E-state index in [9.17, 15) is 0 Å². The average molecular weight is 357 g/mol. The SMILES string of the molecule is NC(=S)Nc1ccc(I)c(Br)c1. The van der Waals surface area contributed by atoms with Crippen LogP contribution in [0, 0.1) is 3.57 Å². The van der Waals surface area contributed by atoms with Crippen LogP contribution in [0.25, 0.3) is 0 Å². The minimum atomic E-state index is 0.281. The van der Waals surface area contributed by atoms with Crippen molar-refractivity contribution < 1.29 is 0 Å². The highest BCUT2D eigenvalue weighted by molar-refractivity contribution is 14.1. The number of hydrogen-bond donors (Lipinski definition) is 2. The normalized spacial score (nSPS) is 9.50. The van der Waals surface area contributed by atoms with Gasteiger partial charge in [-0.1, -0.05) is 0 Å². The molecule has 2 nitrogen and oxygen atoms in total. The molecule has 0 aliphatic heterocycles. The second kappa shape index (κ2) is 4.38. The summed E-state index contributed by atoms with van der Waals surface area (Å²) in [6.07, 6.45) is 0. The molecule has 0 bridgehead atoms. The van der Waals surface area contributed by atoms with Gasteiger partial charge in [-0.3, -0.25) is 0 Å². The van der Waals surface area contributed by atoms with E-state index in [-0.39, 0.29) is 5.11 Å². The first-order chi connectivity index (χ1) is 5.59. The predicted molar refractivity (Wildman–Crippen MR) is 67.3 cm³/mol. The molecule has 0 saturated heterocycles. The zero-order chi connectivity index (χ0) is 9.14. The van der Waals surface area contributed by atoms with Gasteiger partial charge in [-0.15, -0.1) is 0 Å². The maximum absolute atomic E-state index is 5.32. The minimum absolute atomic E-state index is 0.281. The Morgan fingerprint density at radius 3 is 2.75 bits per heavy atom. The molecule has 0 saturated carbocycles. The summed E-state index contributed by atoms with van der Waals surface area (Å²) in [6, 6.07) is 5.83. The number of benzene rings is 1. The van der Waals surface area contributed by atoms with Crippen LogP contribution in [-0.4, -0.2) is 5.11 Å². The molecule has 64 valence electrons. The van der Waals surface area contributed by atoms with Crippen LogP contribution in [0.3, 0.4) is 0 Å². The summed E-state index contributed by atoms with van der Waals surface area (Å²) in [7, 11) is 0. The molecule has 0 radical (unpaired) electrons. The molecule has 12 heavy (non-hydrogen) atoms. The van der Waals surface area contributed by atoms with Crippen molar-refractivity contribution in [3.8, 4) is 0 Å². The number of thiocarbonyl (C=S) groups is 1. The summed E-state index contributed by atoms with van der Waals surface area (Å²) in [5.74, 6) is 0. The molecule has 3 N–H and O–H groups in total. The third-order valence-electron chi connectivity index (χ3n) is 1.19. The summed E-state index contributed by atoms with van der Waals surface area (Å²) in [5.41, 5.74) is 6.21. The quantitative estimate of drug-likeness (QED) is 0.600. The zero-order valence-corrected chi connectivity index (χ0v) is 10.5. The Labute approximate surface area is 98.2 Å². The highest BCUT2D eigenvalue weighted by Gasteiger charge is 1.97. The van der Waals surface area contributed by atoms with Gasteiger partial charge in [0, 0.05) is 13.7 Å². The lowest BCUT2D eigenvalue weighted by Crippen LogP contribution is -2.18. The summed E-state index contributed by atoms with van der Waals surface area (Å²) in [4.78, 5) is 0. The molecular weight excluding hydrogens is 351 g/mol. The Hall–Kier alpha value is 0.120. The van der Waals surface area contributed by atoms with Crippen molar-refractivity contribution in [1.82, 2.24) is 0 Å². The van der Waals surface area contributed by atoms with Gasteiger partial charge in [0.15, 0.2) is 5.11 Å². The van der Waals surface area contributed by atoms with Crippen molar-refractivity contribution in [3.05, 3.63) is 26.2 Å². The molecule has 5 heteroatoms. The van der Waals surface area contributed by atoms with Crippen LogP contribution in [0.4, 0.5) is 5.69 Å². The highest BCUT2D eigenvalue weighted by Crippen LogP contribution is 2.22. The van der Waals surface area contributed by atoms with Crippen LogP contribution in [0.1, 0.15) is 0 Å². The Bertz CT molecular complexity index is 316. The summed E-state index contributed by atoms with van der Waals surface area (Å²) >= 11 is 10.3. The van der Waals surface area contributed by atoms with Crippen molar-refractivity contribution in [2.45, 2.75) is 0 Å². The van der Waals surface area contributed by atoms with E-state index in [1.165, 1.54) is 0 Å². The van der Waals surface area contributed by atoms with Crippen LogP contribution < -0.4 is 11.1 Å².